The van der Waals surface area contributed by atoms with Gasteiger partial charge in [0, 0.05) is 50.0 Å². The van der Waals surface area contributed by atoms with Crippen LogP contribution in [0.15, 0.2) is 30.6 Å². The fourth-order valence-electron chi connectivity index (χ4n) is 3.37. The van der Waals surface area contributed by atoms with Crippen molar-refractivity contribution >= 4 is 34.6 Å². The van der Waals surface area contributed by atoms with E-state index in [9.17, 15) is 15.2 Å². The van der Waals surface area contributed by atoms with Gasteiger partial charge in [-0.2, -0.15) is 0 Å². The average Bonchev–Trinajstić information content (AvgIpc) is 2.71. The molecule has 1 saturated heterocycles. The summed E-state index contributed by atoms with van der Waals surface area (Å²) in [5.41, 5.74) is 0.916. The number of halogens is 1. The Kier molecular flexibility index (Phi) is 6.48. The maximum atomic E-state index is 11.8. The van der Waals surface area contributed by atoms with Gasteiger partial charge >= 0.3 is 5.69 Å². The van der Waals surface area contributed by atoms with Crippen LogP contribution in [0.4, 0.5) is 23.0 Å². The van der Waals surface area contributed by atoms with Crippen LogP contribution in [0.1, 0.15) is 6.92 Å². The summed E-state index contributed by atoms with van der Waals surface area (Å²) in [7, 11) is 0. The molecule has 1 N–H and O–H groups in total. The van der Waals surface area contributed by atoms with Gasteiger partial charge in [0.15, 0.2) is 0 Å². The summed E-state index contributed by atoms with van der Waals surface area (Å²) >= 11 is 6.08. The lowest BCUT2D eigenvalue weighted by molar-refractivity contribution is -0.383. The van der Waals surface area contributed by atoms with Gasteiger partial charge in [0.05, 0.1) is 11.5 Å². The molecule has 1 aromatic heterocycles. The van der Waals surface area contributed by atoms with E-state index in [4.69, 9.17) is 11.6 Å². The summed E-state index contributed by atoms with van der Waals surface area (Å²) in [5.74, 6) is 0.556. The molecule has 0 aliphatic carbocycles. The minimum absolute atomic E-state index is 0.108. The molecule has 10 heteroatoms. The summed E-state index contributed by atoms with van der Waals surface area (Å²) in [6.45, 7) is 5.12. The first-order valence-electron chi connectivity index (χ1n) is 9.15. The molecule has 0 saturated carbocycles. The summed E-state index contributed by atoms with van der Waals surface area (Å²) < 4.78 is 0. The number of rotatable bonds is 7. The Morgan fingerprint density at radius 3 is 2.57 bits per heavy atom. The fraction of sp³-hybridized carbons (Fsp3) is 0.444. The van der Waals surface area contributed by atoms with Gasteiger partial charge in [0.2, 0.25) is 11.6 Å². The molecule has 0 spiro atoms. The van der Waals surface area contributed by atoms with Crippen molar-refractivity contribution in [1.82, 2.24) is 9.97 Å². The van der Waals surface area contributed by atoms with E-state index in [0.717, 1.165) is 5.69 Å². The number of likely N-dealkylation sites (N-methyl/N-ethyl adjacent to an activating group) is 1. The van der Waals surface area contributed by atoms with Gasteiger partial charge < -0.3 is 19.8 Å². The fourth-order valence-corrected chi connectivity index (χ4v) is 3.55. The smallest absolute Gasteiger partial charge is 0.353 e. The standard InChI is InChI=1S/C18H23ClN6O3/c1-2-22(10-11-26)17-16(25(27)28)18(21-13-20-17)24-8-6-23(7-9-24)15-5-3-4-14(19)12-15/h3-5,12-13,26H,2,6-11H2,1H3. The van der Waals surface area contributed by atoms with E-state index in [1.165, 1.54) is 6.33 Å². The zero-order valence-corrected chi connectivity index (χ0v) is 16.4. The van der Waals surface area contributed by atoms with Crippen LogP contribution in [0.3, 0.4) is 0 Å². The van der Waals surface area contributed by atoms with Gasteiger partial charge in [-0.15, -0.1) is 0 Å². The first-order valence-corrected chi connectivity index (χ1v) is 9.53. The number of piperazine rings is 1. The molecule has 1 aliphatic rings. The van der Waals surface area contributed by atoms with Crippen molar-refractivity contribution in [2.24, 2.45) is 0 Å². The third-order valence-corrected chi connectivity index (χ3v) is 5.01. The molecule has 0 unspecified atom stereocenters. The highest BCUT2D eigenvalue weighted by atomic mass is 35.5. The van der Waals surface area contributed by atoms with Gasteiger partial charge in [0.1, 0.15) is 6.33 Å². The molecular weight excluding hydrogens is 384 g/mol. The molecule has 0 radical (unpaired) electrons. The second-order valence-corrected chi connectivity index (χ2v) is 6.82. The molecule has 3 rings (SSSR count). The van der Waals surface area contributed by atoms with Crippen molar-refractivity contribution in [1.29, 1.82) is 0 Å². The highest BCUT2D eigenvalue weighted by Gasteiger charge is 2.31. The predicted molar refractivity (Wildman–Crippen MR) is 110 cm³/mol. The zero-order chi connectivity index (χ0) is 20.1. The van der Waals surface area contributed by atoms with E-state index < -0.39 is 4.92 Å². The number of hydrogen-bond donors (Lipinski definition) is 1. The number of nitrogens with zero attached hydrogens (tertiary/aromatic N) is 6. The third-order valence-electron chi connectivity index (χ3n) is 4.77. The minimum Gasteiger partial charge on any atom is -0.395 e. The lowest BCUT2D eigenvalue weighted by atomic mass is 10.2. The summed E-state index contributed by atoms with van der Waals surface area (Å²) in [4.78, 5) is 25.5. The Morgan fingerprint density at radius 1 is 1.25 bits per heavy atom. The number of benzene rings is 1. The van der Waals surface area contributed by atoms with Crippen molar-refractivity contribution in [3.05, 3.63) is 45.7 Å². The van der Waals surface area contributed by atoms with E-state index in [1.807, 2.05) is 36.1 Å². The van der Waals surface area contributed by atoms with E-state index in [-0.39, 0.29) is 24.7 Å². The van der Waals surface area contributed by atoms with Gasteiger partial charge in [-0.05, 0) is 25.1 Å². The van der Waals surface area contributed by atoms with E-state index in [0.29, 0.717) is 43.6 Å². The number of aliphatic hydroxyl groups is 1. The second-order valence-electron chi connectivity index (χ2n) is 6.38. The molecule has 1 fully saturated rings. The number of anilines is 3. The average molecular weight is 407 g/mol. The molecule has 1 aromatic carbocycles. The number of aromatic nitrogens is 2. The molecule has 9 nitrogen and oxygen atoms in total. The van der Waals surface area contributed by atoms with Crippen LogP contribution >= 0.6 is 11.6 Å². The van der Waals surface area contributed by atoms with Crippen LogP contribution < -0.4 is 14.7 Å². The van der Waals surface area contributed by atoms with Crippen molar-refractivity contribution in [3.8, 4) is 0 Å². The van der Waals surface area contributed by atoms with Crippen LogP contribution in [0.25, 0.3) is 0 Å². The molecule has 2 aromatic rings. The Labute approximate surface area is 168 Å². The second kappa shape index (κ2) is 9.03. The Bertz CT molecular complexity index is 829. The van der Waals surface area contributed by atoms with Crippen LogP contribution in [0.5, 0.6) is 0 Å². The van der Waals surface area contributed by atoms with Crippen molar-refractivity contribution in [2.45, 2.75) is 6.92 Å². The highest BCUT2D eigenvalue weighted by Crippen LogP contribution is 2.34. The van der Waals surface area contributed by atoms with E-state index >= 15 is 0 Å². The molecule has 150 valence electrons. The summed E-state index contributed by atoms with van der Waals surface area (Å²) in [5, 5.41) is 21.8. The van der Waals surface area contributed by atoms with Gasteiger partial charge in [-0.1, -0.05) is 17.7 Å². The Hall–Kier alpha value is -2.65. The topological polar surface area (TPSA) is 98.9 Å². The van der Waals surface area contributed by atoms with Crippen LogP contribution in [0, 0.1) is 10.1 Å². The SMILES string of the molecule is CCN(CCO)c1ncnc(N2CCN(c3cccc(Cl)c3)CC2)c1[N+](=O)[O-]. The van der Waals surface area contributed by atoms with Gasteiger partial charge in [-0.25, -0.2) is 9.97 Å². The van der Waals surface area contributed by atoms with E-state index in [1.54, 1.807) is 4.90 Å². The molecule has 1 aliphatic heterocycles. The molecule has 0 amide bonds. The van der Waals surface area contributed by atoms with E-state index in [2.05, 4.69) is 14.9 Å². The summed E-state index contributed by atoms with van der Waals surface area (Å²) in [6, 6.07) is 7.66. The molecular formula is C18H23ClN6O3. The maximum absolute atomic E-state index is 11.8. The van der Waals surface area contributed by atoms with Crippen molar-refractivity contribution in [2.75, 3.05) is 60.6 Å². The minimum atomic E-state index is -0.436. The normalized spacial score (nSPS) is 14.2. The first-order chi connectivity index (χ1) is 13.5. The largest absolute Gasteiger partial charge is 0.395 e. The number of nitro groups is 1. The molecule has 0 atom stereocenters. The maximum Gasteiger partial charge on any atom is 0.353 e. The monoisotopic (exact) mass is 406 g/mol. The number of aliphatic hydroxyl groups excluding tert-OH is 1. The van der Waals surface area contributed by atoms with Gasteiger partial charge in [-0.3, -0.25) is 10.1 Å². The predicted octanol–water partition coefficient (Wildman–Crippen LogP) is 2.18. The first kappa shape index (κ1) is 20.1. The van der Waals surface area contributed by atoms with Crippen molar-refractivity contribution in [3.63, 3.8) is 0 Å². The zero-order valence-electron chi connectivity index (χ0n) is 15.7. The lowest BCUT2D eigenvalue weighted by Gasteiger charge is -2.36. The Morgan fingerprint density at radius 2 is 1.96 bits per heavy atom. The molecule has 28 heavy (non-hydrogen) atoms. The highest BCUT2D eigenvalue weighted by molar-refractivity contribution is 6.30. The number of hydrogen-bond acceptors (Lipinski definition) is 8. The lowest BCUT2D eigenvalue weighted by Crippen LogP contribution is -2.47. The quantitative estimate of drug-likeness (QED) is 0.551. The Balaban J connectivity index is 1.83. The van der Waals surface area contributed by atoms with Gasteiger partial charge in [0.25, 0.3) is 0 Å². The van der Waals surface area contributed by atoms with Crippen LogP contribution in [0.2, 0.25) is 5.02 Å². The molecule has 2 heterocycles. The molecule has 0 bridgehead atoms. The summed E-state index contributed by atoms with van der Waals surface area (Å²) in [6.07, 6.45) is 1.35. The van der Waals surface area contributed by atoms with Crippen molar-refractivity contribution < 1.29 is 10.0 Å². The van der Waals surface area contributed by atoms with Crippen LogP contribution in [-0.2, 0) is 0 Å². The third kappa shape index (κ3) is 4.26. The van der Waals surface area contributed by atoms with Crippen LogP contribution in [-0.4, -0.2) is 65.9 Å².